The first-order valence-electron chi connectivity index (χ1n) is 8.69. The molecule has 0 unspecified atom stereocenters. The van der Waals surface area contributed by atoms with Crippen LogP contribution in [0.1, 0.15) is 15.9 Å². The second-order valence-electron chi connectivity index (χ2n) is 6.54. The van der Waals surface area contributed by atoms with Crippen LogP contribution in [0.25, 0.3) is 22.0 Å². The van der Waals surface area contributed by atoms with E-state index in [9.17, 15) is 9.18 Å². The Hall–Kier alpha value is -3.54. The zero-order valence-corrected chi connectivity index (χ0v) is 14.3. The Labute approximate surface area is 154 Å². The summed E-state index contributed by atoms with van der Waals surface area (Å²) in [6, 6.07) is 12.1. The number of carbonyl (C=O) groups excluding carboxylic acids is 1. The van der Waals surface area contributed by atoms with Gasteiger partial charge in [-0.05, 0) is 41.8 Å². The Morgan fingerprint density at radius 1 is 1.11 bits per heavy atom. The van der Waals surface area contributed by atoms with Crippen molar-refractivity contribution in [1.29, 1.82) is 0 Å². The number of aromatic amines is 1. The fourth-order valence-corrected chi connectivity index (χ4v) is 3.67. The second-order valence-corrected chi connectivity index (χ2v) is 6.54. The minimum Gasteiger partial charge on any atom is -0.306 e. The Bertz CT molecular complexity index is 1180. The molecule has 0 saturated heterocycles. The van der Waals surface area contributed by atoms with Crippen molar-refractivity contribution < 1.29 is 9.18 Å². The molecule has 6 heteroatoms. The van der Waals surface area contributed by atoms with E-state index in [2.05, 4.69) is 21.2 Å². The van der Waals surface area contributed by atoms with Crippen LogP contribution in [0.5, 0.6) is 0 Å². The molecule has 3 heterocycles. The number of nitrogens with zero attached hydrogens (tertiary/aromatic N) is 3. The van der Waals surface area contributed by atoms with Gasteiger partial charge in [-0.15, -0.1) is 0 Å². The van der Waals surface area contributed by atoms with Gasteiger partial charge in [0.2, 0.25) is 0 Å². The topological polar surface area (TPSA) is 61.9 Å². The van der Waals surface area contributed by atoms with E-state index < -0.39 is 5.82 Å². The summed E-state index contributed by atoms with van der Waals surface area (Å²) in [7, 11) is 0. The molecular weight excluding hydrogens is 343 g/mol. The Kier molecular flexibility index (Phi) is 3.50. The highest BCUT2D eigenvalue weighted by Crippen LogP contribution is 2.36. The van der Waals surface area contributed by atoms with Crippen LogP contribution >= 0.6 is 0 Å². The Morgan fingerprint density at radius 2 is 2.00 bits per heavy atom. The Balaban J connectivity index is 1.57. The highest BCUT2D eigenvalue weighted by atomic mass is 19.1. The Morgan fingerprint density at radius 3 is 2.89 bits per heavy atom. The number of hydrogen-bond acceptors (Lipinski definition) is 3. The van der Waals surface area contributed by atoms with Gasteiger partial charge in [0.25, 0.3) is 5.91 Å². The first-order chi connectivity index (χ1) is 13.2. The quantitative estimate of drug-likeness (QED) is 0.590. The maximum atomic E-state index is 14.1. The van der Waals surface area contributed by atoms with Crippen LogP contribution in [0.15, 0.2) is 61.1 Å². The summed E-state index contributed by atoms with van der Waals surface area (Å²) in [5.74, 6) is -0.846. The summed E-state index contributed by atoms with van der Waals surface area (Å²) >= 11 is 0. The summed E-state index contributed by atoms with van der Waals surface area (Å²) in [6.07, 6.45) is 5.98. The predicted molar refractivity (Wildman–Crippen MR) is 101 cm³/mol. The second kappa shape index (κ2) is 6.02. The monoisotopic (exact) mass is 358 g/mol. The van der Waals surface area contributed by atoms with Crippen LogP contribution in [0, 0.1) is 5.82 Å². The van der Waals surface area contributed by atoms with Crippen molar-refractivity contribution in [2.45, 2.75) is 6.42 Å². The highest BCUT2D eigenvalue weighted by Gasteiger charge is 2.29. The molecule has 1 aliphatic rings. The largest absolute Gasteiger partial charge is 0.306 e. The van der Waals surface area contributed by atoms with Crippen LogP contribution in [-0.4, -0.2) is 27.6 Å². The number of aromatic nitrogens is 3. The van der Waals surface area contributed by atoms with Gasteiger partial charge in [0, 0.05) is 23.7 Å². The van der Waals surface area contributed by atoms with Crippen molar-refractivity contribution in [3.8, 4) is 11.1 Å². The van der Waals surface area contributed by atoms with E-state index in [4.69, 9.17) is 0 Å². The molecule has 5 nitrogen and oxygen atoms in total. The fraction of sp³-hybridized carbons (Fsp3) is 0.0952. The van der Waals surface area contributed by atoms with E-state index in [1.807, 2.05) is 18.3 Å². The predicted octanol–water partition coefficient (Wildman–Crippen LogP) is 3.97. The zero-order valence-electron chi connectivity index (χ0n) is 14.3. The third kappa shape index (κ3) is 2.49. The minimum atomic E-state index is -0.509. The summed E-state index contributed by atoms with van der Waals surface area (Å²) in [6.45, 7) is 0.509. The molecule has 0 radical (unpaired) electrons. The van der Waals surface area contributed by atoms with Crippen LogP contribution in [-0.2, 0) is 6.42 Å². The number of amides is 1. The maximum absolute atomic E-state index is 14.1. The summed E-state index contributed by atoms with van der Waals surface area (Å²) in [4.78, 5) is 18.8. The van der Waals surface area contributed by atoms with Crippen molar-refractivity contribution in [3.05, 3.63) is 78.0 Å². The van der Waals surface area contributed by atoms with Crippen molar-refractivity contribution >= 4 is 22.5 Å². The minimum absolute atomic E-state index is 0.0792. The maximum Gasteiger partial charge on any atom is 0.261 e. The van der Waals surface area contributed by atoms with Gasteiger partial charge >= 0.3 is 0 Å². The van der Waals surface area contributed by atoms with Gasteiger partial charge < -0.3 is 4.90 Å². The molecule has 1 aliphatic heterocycles. The molecule has 2 aromatic carbocycles. The van der Waals surface area contributed by atoms with Crippen LogP contribution < -0.4 is 4.90 Å². The van der Waals surface area contributed by atoms with Gasteiger partial charge in [-0.1, -0.05) is 18.2 Å². The number of rotatable bonds is 2. The van der Waals surface area contributed by atoms with Gasteiger partial charge in [-0.2, -0.15) is 5.10 Å². The van der Waals surface area contributed by atoms with E-state index in [-0.39, 0.29) is 11.5 Å². The molecule has 4 aromatic rings. The lowest BCUT2D eigenvalue weighted by Crippen LogP contribution is -2.29. The van der Waals surface area contributed by atoms with Crippen LogP contribution in [0.4, 0.5) is 10.1 Å². The smallest absolute Gasteiger partial charge is 0.261 e. The van der Waals surface area contributed by atoms with E-state index in [0.29, 0.717) is 13.0 Å². The van der Waals surface area contributed by atoms with Crippen LogP contribution in [0.2, 0.25) is 0 Å². The number of benzene rings is 2. The van der Waals surface area contributed by atoms with E-state index in [1.165, 1.54) is 12.1 Å². The number of nitrogens with one attached hydrogen (secondary N) is 1. The third-order valence-corrected chi connectivity index (χ3v) is 5.01. The van der Waals surface area contributed by atoms with E-state index in [0.717, 1.165) is 33.3 Å². The van der Waals surface area contributed by atoms with Gasteiger partial charge in [0.05, 0.1) is 29.2 Å². The first-order valence-corrected chi connectivity index (χ1v) is 8.69. The number of halogens is 1. The molecule has 0 saturated carbocycles. The SMILES string of the molecule is O=C(c1ccccc1F)N1CCc2c(-c3ccc4[nH]ncc4c3)cncc21. The number of H-pyrrole nitrogens is 1. The first kappa shape index (κ1) is 15.7. The standard InChI is InChI=1S/C21H15FN4O/c22-18-4-2-1-3-16(18)21(27)26-8-7-15-17(11-23-12-20(15)26)13-5-6-19-14(9-13)10-24-25-19/h1-6,9-12H,7-8H2,(H,24,25). The van der Waals surface area contributed by atoms with E-state index >= 15 is 0 Å². The van der Waals surface area contributed by atoms with Gasteiger partial charge in [-0.25, -0.2) is 4.39 Å². The lowest BCUT2D eigenvalue weighted by Gasteiger charge is -2.18. The molecule has 27 heavy (non-hydrogen) atoms. The molecule has 0 fully saturated rings. The molecule has 1 amide bonds. The number of hydrogen-bond donors (Lipinski definition) is 1. The molecule has 0 atom stereocenters. The lowest BCUT2D eigenvalue weighted by atomic mass is 9.99. The van der Waals surface area contributed by atoms with Crippen molar-refractivity contribution in [1.82, 2.24) is 15.2 Å². The van der Waals surface area contributed by atoms with Crippen LogP contribution in [0.3, 0.4) is 0 Å². The van der Waals surface area contributed by atoms with Gasteiger partial charge in [0.1, 0.15) is 5.82 Å². The summed E-state index contributed by atoms with van der Waals surface area (Å²) in [5.41, 5.74) is 4.85. The summed E-state index contributed by atoms with van der Waals surface area (Å²) in [5, 5.41) is 8.01. The van der Waals surface area contributed by atoms with Crippen molar-refractivity contribution in [2.75, 3.05) is 11.4 Å². The number of anilines is 1. The van der Waals surface area contributed by atoms with E-state index in [1.54, 1.807) is 29.4 Å². The number of pyridine rings is 1. The normalized spacial score (nSPS) is 13.1. The molecule has 5 rings (SSSR count). The van der Waals surface area contributed by atoms with Crippen molar-refractivity contribution in [3.63, 3.8) is 0 Å². The molecule has 0 bridgehead atoms. The number of fused-ring (bicyclic) bond motifs is 2. The average Bonchev–Trinajstić information content (AvgIpc) is 3.34. The third-order valence-electron chi connectivity index (χ3n) is 5.01. The number of carbonyl (C=O) groups is 1. The summed E-state index contributed by atoms with van der Waals surface area (Å²) < 4.78 is 14.1. The molecule has 2 aromatic heterocycles. The molecule has 132 valence electrons. The molecular formula is C21H15FN4O. The van der Waals surface area contributed by atoms with Crippen molar-refractivity contribution in [2.24, 2.45) is 0 Å². The highest BCUT2D eigenvalue weighted by molar-refractivity contribution is 6.08. The molecule has 0 spiro atoms. The fourth-order valence-electron chi connectivity index (χ4n) is 3.67. The molecule has 1 N–H and O–H groups in total. The zero-order chi connectivity index (χ0) is 18.4. The average molecular weight is 358 g/mol. The molecule has 0 aliphatic carbocycles. The van der Waals surface area contributed by atoms with Gasteiger partial charge in [-0.3, -0.25) is 14.9 Å². The van der Waals surface area contributed by atoms with Gasteiger partial charge in [0.15, 0.2) is 0 Å². The lowest BCUT2D eigenvalue weighted by molar-refractivity contribution is 0.0985.